The molecule has 1 aliphatic rings. The van der Waals surface area contributed by atoms with E-state index in [1.54, 1.807) is 0 Å². The highest BCUT2D eigenvalue weighted by molar-refractivity contribution is 5.08. The molecule has 1 heterocycles. The van der Waals surface area contributed by atoms with Crippen LogP contribution in [0.4, 0.5) is 0 Å². The van der Waals surface area contributed by atoms with Gasteiger partial charge in [0, 0.05) is 30.0 Å². The molecule has 4 N–H and O–H groups in total. The van der Waals surface area contributed by atoms with E-state index in [1.165, 1.54) is 18.5 Å². The second-order valence-electron chi connectivity index (χ2n) is 4.63. The molecular weight excluding hydrogens is 186 g/mol. The molecule has 1 atom stereocenters. The molecule has 0 bridgehead atoms. The predicted octanol–water partition coefficient (Wildman–Crippen LogP) is 1.94. The summed E-state index contributed by atoms with van der Waals surface area (Å²) >= 11 is 0. The predicted molar refractivity (Wildman–Crippen MR) is 62.6 cm³/mol. The van der Waals surface area contributed by atoms with Crippen LogP contribution in [-0.4, -0.2) is 17.1 Å². The van der Waals surface area contributed by atoms with Gasteiger partial charge in [0.15, 0.2) is 0 Å². The molecule has 3 nitrogen and oxygen atoms in total. The van der Waals surface area contributed by atoms with Crippen LogP contribution in [-0.2, 0) is 0 Å². The first-order valence-corrected chi connectivity index (χ1v) is 5.90. The van der Waals surface area contributed by atoms with E-state index in [0.717, 1.165) is 12.8 Å². The van der Waals surface area contributed by atoms with Crippen LogP contribution >= 0.6 is 0 Å². The zero-order valence-corrected chi connectivity index (χ0v) is 9.37. The lowest BCUT2D eigenvalue weighted by molar-refractivity contribution is 0.320. The maximum atomic E-state index is 5.89. The van der Waals surface area contributed by atoms with Crippen molar-refractivity contribution >= 4 is 0 Å². The smallest absolute Gasteiger partial charge is 0.0446 e. The van der Waals surface area contributed by atoms with Crippen LogP contribution in [0.2, 0.25) is 0 Å². The summed E-state index contributed by atoms with van der Waals surface area (Å²) in [6.07, 6.45) is 6.73. The summed E-state index contributed by atoms with van der Waals surface area (Å²) in [4.78, 5) is 3.25. The molecule has 0 spiro atoms. The third kappa shape index (κ3) is 2.83. The zero-order chi connectivity index (χ0) is 10.7. The van der Waals surface area contributed by atoms with E-state index >= 15 is 0 Å². The average molecular weight is 207 g/mol. The van der Waals surface area contributed by atoms with E-state index < -0.39 is 0 Å². The number of hydrogen-bond donors (Lipinski definition) is 3. The minimum absolute atomic E-state index is 0.416. The van der Waals surface area contributed by atoms with Crippen molar-refractivity contribution in [1.29, 1.82) is 0 Å². The van der Waals surface area contributed by atoms with E-state index in [-0.39, 0.29) is 0 Å². The number of nitrogens with one attached hydrogen (secondary N) is 2. The summed E-state index contributed by atoms with van der Waals surface area (Å²) in [7, 11) is 0. The third-order valence-electron chi connectivity index (χ3n) is 3.35. The van der Waals surface area contributed by atoms with Crippen LogP contribution < -0.4 is 11.1 Å². The van der Waals surface area contributed by atoms with Crippen molar-refractivity contribution in [1.82, 2.24) is 10.3 Å². The molecule has 0 radical (unpaired) electrons. The largest absolute Gasteiger partial charge is 0.364 e. The molecule has 2 rings (SSSR count). The summed E-state index contributed by atoms with van der Waals surface area (Å²) in [5, 5.41) is 3.65. The molecular formula is C12H21N3. The first-order valence-electron chi connectivity index (χ1n) is 5.90. The molecule has 0 amide bonds. The molecule has 0 aliphatic heterocycles. The van der Waals surface area contributed by atoms with E-state index in [0.29, 0.717) is 18.1 Å². The van der Waals surface area contributed by atoms with Gasteiger partial charge in [-0.1, -0.05) is 0 Å². The maximum Gasteiger partial charge on any atom is 0.0446 e. The van der Waals surface area contributed by atoms with Gasteiger partial charge in [-0.05, 0) is 44.7 Å². The van der Waals surface area contributed by atoms with Gasteiger partial charge in [-0.25, -0.2) is 0 Å². The Bertz CT molecular complexity index is 273. The van der Waals surface area contributed by atoms with Crippen LogP contribution in [0.15, 0.2) is 18.3 Å². The molecule has 0 unspecified atom stereocenters. The molecule has 1 fully saturated rings. The fourth-order valence-electron chi connectivity index (χ4n) is 2.34. The topological polar surface area (TPSA) is 53.8 Å². The van der Waals surface area contributed by atoms with Crippen molar-refractivity contribution in [2.45, 2.75) is 50.7 Å². The Morgan fingerprint density at radius 2 is 2.13 bits per heavy atom. The van der Waals surface area contributed by atoms with E-state index in [2.05, 4.69) is 23.3 Å². The van der Waals surface area contributed by atoms with Gasteiger partial charge in [-0.15, -0.1) is 0 Å². The zero-order valence-electron chi connectivity index (χ0n) is 9.37. The monoisotopic (exact) mass is 207 g/mol. The highest BCUT2D eigenvalue weighted by Gasteiger charge is 2.20. The Hall–Kier alpha value is -0.800. The molecule has 1 aliphatic carbocycles. The van der Waals surface area contributed by atoms with Gasteiger partial charge in [0.25, 0.3) is 0 Å². The lowest BCUT2D eigenvalue weighted by atomic mass is 9.91. The number of aromatic nitrogens is 1. The average Bonchev–Trinajstić information content (AvgIpc) is 2.74. The van der Waals surface area contributed by atoms with Crippen molar-refractivity contribution < 1.29 is 0 Å². The lowest BCUT2D eigenvalue weighted by Crippen LogP contribution is -2.38. The Labute approximate surface area is 91.4 Å². The number of H-pyrrole nitrogens is 1. The molecule has 15 heavy (non-hydrogen) atoms. The lowest BCUT2D eigenvalue weighted by Gasteiger charge is -2.29. The van der Waals surface area contributed by atoms with Crippen molar-refractivity contribution in [3.05, 3.63) is 24.0 Å². The highest BCUT2D eigenvalue weighted by Crippen LogP contribution is 2.20. The SMILES string of the molecule is C[C@@H](NC1CCC(N)CC1)c1ccc[nH]1. The van der Waals surface area contributed by atoms with Gasteiger partial charge in [-0.3, -0.25) is 0 Å². The summed E-state index contributed by atoms with van der Waals surface area (Å²) in [5.74, 6) is 0. The second kappa shape index (κ2) is 4.81. The fraction of sp³-hybridized carbons (Fsp3) is 0.667. The fourth-order valence-corrected chi connectivity index (χ4v) is 2.34. The summed E-state index contributed by atoms with van der Waals surface area (Å²) in [5.41, 5.74) is 7.16. The van der Waals surface area contributed by atoms with Gasteiger partial charge in [0.1, 0.15) is 0 Å². The van der Waals surface area contributed by atoms with Crippen molar-refractivity contribution in [3.8, 4) is 0 Å². The first-order chi connectivity index (χ1) is 7.25. The quantitative estimate of drug-likeness (QED) is 0.709. The minimum Gasteiger partial charge on any atom is -0.364 e. The van der Waals surface area contributed by atoms with Gasteiger partial charge in [0.2, 0.25) is 0 Å². The van der Waals surface area contributed by atoms with E-state index in [9.17, 15) is 0 Å². The van der Waals surface area contributed by atoms with E-state index in [4.69, 9.17) is 5.73 Å². The third-order valence-corrected chi connectivity index (χ3v) is 3.35. The van der Waals surface area contributed by atoms with Crippen LogP contribution in [0.25, 0.3) is 0 Å². The van der Waals surface area contributed by atoms with Gasteiger partial charge >= 0.3 is 0 Å². The number of aromatic amines is 1. The summed E-state index contributed by atoms with van der Waals surface area (Å²) in [6, 6.07) is 5.67. The standard InChI is InChI=1S/C12H21N3/c1-9(12-3-2-8-14-12)15-11-6-4-10(13)5-7-11/h2-3,8-11,14-15H,4-7,13H2,1H3/t9-,10?,11?/m1/s1. The van der Waals surface area contributed by atoms with Crippen LogP contribution in [0.3, 0.4) is 0 Å². The normalized spacial score (nSPS) is 28.9. The van der Waals surface area contributed by atoms with Crippen molar-refractivity contribution in [2.75, 3.05) is 0 Å². The molecule has 0 aromatic carbocycles. The van der Waals surface area contributed by atoms with Gasteiger partial charge in [0.05, 0.1) is 0 Å². The van der Waals surface area contributed by atoms with Gasteiger partial charge in [-0.2, -0.15) is 0 Å². The Balaban J connectivity index is 1.82. The molecule has 1 aromatic heterocycles. The summed E-state index contributed by atoms with van der Waals surface area (Å²) < 4.78 is 0. The Morgan fingerprint density at radius 1 is 1.40 bits per heavy atom. The van der Waals surface area contributed by atoms with Gasteiger partial charge < -0.3 is 16.0 Å². The first kappa shape index (κ1) is 10.7. The Kier molecular flexibility index (Phi) is 3.44. The second-order valence-corrected chi connectivity index (χ2v) is 4.63. The summed E-state index contributed by atoms with van der Waals surface area (Å²) in [6.45, 7) is 2.21. The molecule has 1 saturated carbocycles. The van der Waals surface area contributed by atoms with Crippen LogP contribution in [0, 0.1) is 0 Å². The molecule has 1 aromatic rings. The number of rotatable bonds is 3. The number of nitrogens with two attached hydrogens (primary N) is 1. The maximum absolute atomic E-state index is 5.89. The van der Waals surface area contributed by atoms with E-state index in [1.807, 2.05) is 12.3 Å². The number of hydrogen-bond acceptors (Lipinski definition) is 2. The molecule has 84 valence electrons. The van der Waals surface area contributed by atoms with Crippen LogP contribution in [0.1, 0.15) is 44.3 Å². The molecule has 0 saturated heterocycles. The van der Waals surface area contributed by atoms with Crippen molar-refractivity contribution in [2.24, 2.45) is 5.73 Å². The van der Waals surface area contributed by atoms with Crippen LogP contribution in [0.5, 0.6) is 0 Å². The molecule has 3 heteroatoms. The Morgan fingerprint density at radius 3 is 2.73 bits per heavy atom. The minimum atomic E-state index is 0.416. The van der Waals surface area contributed by atoms with Crippen molar-refractivity contribution in [3.63, 3.8) is 0 Å². The highest BCUT2D eigenvalue weighted by atomic mass is 15.0.